The Morgan fingerprint density at radius 3 is 2.61 bits per heavy atom. The van der Waals surface area contributed by atoms with Crippen molar-refractivity contribution >= 4 is 5.78 Å². The molecule has 0 aliphatic carbocycles. The molecule has 0 bridgehead atoms. The lowest BCUT2D eigenvalue weighted by atomic mass is 10.0. The number of ketones is 1. The van der Waals surface area contributed by atoms with Gasteiger partial charge in [-0.05, 0) is 18.2 Å². The summed E-state index contributed by atoms with van der Waals surface area (Å²) in [5.41, 5.74) is 0.980. The van der Waals surface area contributed by atoms with Crippen molar-refractivity contribution in [2.24, 2.45) is 0 Å². The van der Waals surface area contributed by atoms with Crippen LogP contribution in [0.15, 0.2) is 42.7 Å². The van der Waals surface area contributed by atoms with Crippen LogP contribution in [0.4, 0.5) is 0 Å². The van der Waals surface area contributed by atoms with E-state index in [1.165, 1.54) is 20.4 Å². The van der Waals surface area contributed by atoms with E-state index in [2.05, 4.69) is 4.98 Å². The van der Waals surface area contributed by atoms with Gasteiger partial charge in [-0.2, -0.15) is 0 Å². The van der Waals surface area contributed by atoms with Gasteiger partial charge in [0, 0.05) is 11.8 Å². The molecule has 0 aliphatic rings. The minimum Gasteiger partial charge on any atom is -0.496 e. The first-order chi connectivity index (χ1) is 8.76. The molecule has 2 aromatic rings. The van der Waals surface area contributed by atoms with Gasteiger partial charge in [-0.1, -0.05) is 12.1 Å². The molecule has 2 rings (SSSR count). The van der Waals surface area contributed by atoms with E-state index in [1.54, 1.807) is 30.5 Å². The van der Waals surface area contributed by atoms with Crippen molar-refractivity contribution in [1.82, 2.24) is 4.98 Å². The highest BCUT2D eigenvalue weighted by molar-refractivity contribution is 6.10. The van der Waals surface area contributed by atoms with Crippen molar-refractivity contribution in [3.63, 3.8) is 0 Å². The summed E-state index contributed by atoms with van der Waals surface area (Å²) in [5, 5.41) is 0. The van der Waals surface area contributed by atoms with E-state index in [0.717, 1.165) is 0 Å². The van der Waals surface area contributed by atoms with Crippen LogP contribution in [-0.2, 0) is 0 Å². The minimum absolute atomic E-state index is 0.140. The number of methoxy groups -OCH3 is 2. The number of pyridine rings is 1. The molecule has 0 spiro atoms. The topological polar surface area (TPSA) is 48.4 Å². The summed E-state index contributed by atoms with van der Waals surface area (Å²) in [5.74, 6) is 0.958. The van der Waals surface area contributed by atoms with Gasteiger partial charge >= 0.3 is 0 Å². The molecule has 0 fully saturated rings. The Kier molecular flexibility index (Phi) is 3.57. The summed E-state index contributed by atoms with van der Waals surface area (Å²) in [6.07, 6.45) is 3.07. The minimum atomic E-state index is -0.140. The quantitative estimate of drug-likeness (QED) is 0.773. The second-order valence-corrected chi connectivity index (χ2v) is 3.64. The molecule has 0 saturated carbocycles. The second-order valence-electron chi connectivity index (χ2n) is 3.64. The van der Waals surface area contributed by atoms with Crippen molar-refractivity contribution in [2.45, 2.75) is 0 Å². The highest BCUT2D eigenvalue weighted by Gasteiger charge is 2.14. The Morgan fingerprint density at radius 2 is 1.89 bits per heavy atom. The van der Waals surface area contributed by atoms with Crippen LogP contribution in [0.2, 0.25) is 0 Å². The van der Waals surface area contributed by atoms with Crippen LogP contribution >= 0.6 is 0 Å². The molecule has 0 saturated heterocycles. The zero-order chi connectivity index (χ0) is 13.0. The number of nitrogens with zero attached hydrogens (tertiary/aromatic N) is 1. The van der Waals surface area contributed by atoms with Gasteiger partial charge in [0.15, 0.2) is 5.78 Å². The number of carbonyl (C=O) groups excluding carboxylic acids is 1. The summed E-state index contributed by atoms with van der Waals surface area (Å²) in [6.45, 7) is 0. The lowest BCUT2D eigenvalue weighted by Gasteiger charge is -2.07. The van der Waals surface area contributed by atoms with Gasteiger partial charge in [0.05, 0.1) is 26.0 Å². The Labute approximate surface area is 105 Å². The SMILES string of the molecule is COc1cncc(C(=O)c2ccccc2OC)c1. The van der Waals surface area contributed by atoms with E-state index in [9.17, 15) is 4.79 Å². The van der Waals surface area contributed by atoms with Crippen LogP contribution in [0.25, 0.3) is 0 Å². The Balaban J connectivity index is 2.41. The van der Waals surface area contributed by atoms with Gasteiger partial charge in [-0.3, -0.25) is 9.78 Å². The number of hydrogen-bond acceptors (Lipinski definition) is 4. The molecule has 1 aromatic heterocycles. The first-order valence-corrected chi connectivity index (χ1v) is 5.43. The van der Waals surface area contributed by atoms with Crippen LogP contribution in [0.5, 0.6) is 11.5 Å². The van der Waals surface area contributed by atoms with Gasteiger partial charge in [0.25, 0.3) is 0 Å². The van der Waals surface area contributed by atoms with Crippen molar-refractivity contribution in [1.29, 1.82) is 0 Å². The smallest absolute Gasteiger partial charge is 0.198 e. The molecule has 0 amide bonds. The third-order valence-electron chi connectivity index (χ3n) is 2.56. The summed E-state index contributed by atoms with van der Waals surface area (Å²) in [4.78, 5) is 16.3. The van der Waals surface area contributed by atoms with Crippen LogP contribution in [-0.4, -0.2) is 25.0 Å². The maximum absolute atomic E-state index is 12.3. The maximum Gasteiger partial charge on any atom is 0.198 e. The molecular weight excluding hydrogens is 230 g/mol. The number of aromatic nitrogens is 1. The van der Waals surface area contributed by atoms with E-state index < -0.39 is 0 Å². The molecule has 0 radical (unpaired) electrons. The number of rotatable bonds is 4. The molecule has 4 nitrogen and oxygen atoms in total. The molecule has 0 unspecified atom stereocenters. The van der Waals surface area contributed by atoms with Gasteiger partial charge in [0.1, 0.15) is 11.5 Å². The Morgan fingerprint density at radius 1 is 1.11 bits per heavy atom. The number of carbonyl (C=O) groups is 1. The summed E-state index contributed by atoms with van der Waals surface area (Å²) >= 11 is 0. The van der Waals surface area contributed by atoms with Crippen molar-refractivity contribution in [2.75, 3.05) is 14.2 Å². The average Bonchev–Trinajstić information content (AvgIpc) is 2.46. The predicted molar refractivity (Wildman–Crippen MR) is 67.2 cm³/mol. The van der Waals surface area contributed by atoms with Crippen LogP contribution in [0.3, 0.4) is 0 Å². The third-order valence-corrected chi connectivity index (χ3v) is 2.56. The summed E-state index contributed by atoms with van der Waals surface area (Å²) in [6, 6.07) is 8.74. The monoisotopic (exact) mass is 243 g/mol. The fourth-order valence-electron chi connectivity index (χ4n) is 1.64. The van der Waals surface area contributed by atoms with Crippen molar-refractivity contribution in [3.8, 4) is 11.5 Å². The summed E-state index contributed by atoms with van der Waals surface area (Å²) in [7, 11) is 3.07. The maximum atomic E-state index is 12.3. The lowest BCUT2D eigenvalue weighted by molar-refractivity contribution is 0.103. The molecule has 0 N–H and O–H groups in total. The Hall–Kier alpha value is -2.36. The number of para-hydroxylation sites is 1. The van der Waals surface area contributed by atoms with Gasteiger partial charge in [-0.15, -0.1) is 0 Å². The van der Waals surface area contributed by atoms with E-state index in [-0.39, 0.29) is 5.78 Å². The Bertz CT molecular complexity index is 566. The van der Waals surface area contributed by atoms with Gasteiger partial charge < -0.3 is 9.47 Å². The molecule has 0 aliphatic heterocycles. The summed E-state index contributed by atoms with van der Waals surface area (Å²) < 4.78 is 10.2. The molecule has 92 valence electrons. The fraction of sp³-hybridized carbons (Fsp3) is 0.143. The zero-order valence-corrected chi connectivity index (χ0v) is 10.2. The highest BCUT2D eigenvalue weighted by Crippen LogP contribution is 2.22. The first-order valence-electron chi connectivity index (χ1n) is 5.43. The lowest BCUT2D eigenvalue weighted by Crippen LogP contribution is -2.04. The standard InChI is InChI=1S/C14H13NO3/c1-17-11-7-10(8-15-9-11)14(16)12-5-3-4-6-13(12)18-2/h3-9H,1-2H3. The van der Waals surface area contributed by atoms with E-state index in [1.807, 2.05) is 6.07 Å². The largest absolute Gasteiger partial charge is 0.496 e. The third kappa shape index (κ3) is 2.32. The second kappa shape index (κ2) is 5.31. The average molecular weight is 243 g/mol. The van der Waals surface area contributed by atoms with E-state index in [4.69, 9.17) is 9.47 Å². The van der Waals surface area contributed by atoms with Crippen LogP contribution in [0.1, 0.15) is 15.9 Å². The molecule has 18 heavy (non-hydrogen) atoms. The van der Waals surface area contributed by atoms with Crippen molar-refractivity contribution in [3.05, 3.63) is 53.9 Å². The first kappa shape index (κ1) is 12.1. The van der Waals surface area contributed by atoms with E-state index >= 15 is 0 Å². The molecular formula is C14H13NO3. The number of ether oxygens (including phenoxy) is 2. The predicted octanol–water partition coefficient (Wildman–Crippen LogP) is 2.33. The number of benzene rings is 1. The fourth-order valence-corrected chi connectivity index (χ4v) is 1.64. The number of hydrogen-bond donors (Lipinski definition) is 0. The normalized spacial score (nSPS) is 9.89. The molecule has 4 heteroatoms. The highest BCUT2D eigenvalue weighted by atomic mass is 16.5. The van der Waals surface area contributed by atoms with Gasteiger partial charge in [-0.25, -0.2) is 0 Å². The van der Waals surface area contributed by atoms with Crippen molar-refractivity contribution < 1.29 is 14.3 Å². The van der Waals surface area contributed by atoms with Crippen LogP contribution < -0.4 is 9.47 Å². The van der Waals surface area contributed by atoms with E-state index in [0.29, 0.717) is 22.6 Å². The van der Waals surface area contributed by atoms with Crippen LogP contribution in [0, 0.1) is 0 Å². The zero-order valence-electron chi connectivity index (χ0n) is 10.2. The molecule has 1 heterocycles. The molecule has 0 atom stereocenters. The molecule has 1 aromatic carbocycles. The van der Waals surface area contributed by atoms with Gasteiger partial charge in [0.2, 0.25) is 0 Å².